The minimum absolute atomic E-state index is 0.133. The number of hydrogen-bond donors (Lipinski definition) is 1. The largest absolute Gasteiger partial charge is 0.497 e. The van der Waals surface area contributed by atoms with Gasteiger partial charge in [-0.2, -0.15) is 5.26 Å². The van der Waals surface area contributed by atoms with Crippen LogP contribution in [0.15, 0.2) is 18.2 Å². The highest BCUT2D eigenvalue weighted by Crippen LogP contribution is 2.17. The molecule has 0 aliphatic heterocycles. The van der Waals surface area contributed by atoms with Gasteiger partial charge in [0.05, 0.1) is 18.7 Å². The topological polar surface area (TPSA) is 88.4 Å². The van der Waals surface area contributed by atoms with Gasteiger partial charge in [0.15, 0.2) is 6.61 Å². The molecule has 0 saturated carbocycles. The van der Waals surface area contributed by atoms with Crippen molar-refractivity contribution in [2.75, 3.05) is 13.7 Å². The summed E-state index contributed by atoms with van der Waals surface area (Å²) < 4.78 is 23.3. The summed E-state index contributed by atoms with van der Waals surface area (Å²) in [5.74, 6) is -2.28. The van der Waals surface area contributed by atoms with Gasteiger partial charge in [-0.25, -0.2) is 9.18 Å². The second-order valence-electron chi connectivity index (χ2n) is 5.44. The number of esters is 1. The van der Waals surface area contributed by atoms with Crippen molar-refractivity contribution < 1.29 is 23.5 Å². The van der Waals surface area contributed by atoms with Gasteiger partial charge in [-0.05, 0) is 25.0 Å². The summed E-state index contributed by atoms with van der Waals surface area (Å²) in [6.07, 6.45) is 0. The molecule has 1 amide bonds. The molecule has 0 aliphatic carbocycles. The molecule has 23 heavy (non-hydrogen) atoms. The van der Waals surface area contributed by atoms with Gasteiger partial charge in [-0.3, -0.25) is 4.79 Å². The van der Waals surface area contributed by atoms with Crippen LogP contribution in [0, 0.1) is 23.1 Å². The van der Waals surface area contributed by atoms with E-state index in [1.54, 1.807) is 20.8 Å². The number of amides is 1. The summed E-state index contributed by atoms with van der Waals surface area (Å²) in [6.45, 7) is 4.53. The van der Waals surface area contributed by atoms with Crippen LogP contribution in [0.25, 0.3) is 0 Å². The van der Waals surface area contributed by atoms with Crippen molar-refractivity contribution in [3.63, 3.8) is 0 Å². The second kappa shape index (κ2) is 7.58. The molecule has 6 nitrogen and oxygen atoms in total. The van der Waals surface area contributed by atoms with Crippen LogP contribution in [0.4, 0.5) is 4.39 Å². The van der Waals surface area contributed by atoms with Gasteiger partial charge in [-0.15, -0.1) is 0 Å². The van der Waals surface area contributed by atoms with Crippen LogP contribution in [-0.4, -0.2) is 31.1 Å². The van der Waals surface area contributed by atoms with Crippen molar-refractivity contribution in [2.45, 2.75) is 26.3 Å². The zero-order chi connectivity index (χ0) is 17.6. The number of carbonyl (C=O) groups is 2. The average molecular weight is 322 g/mol. The molecule has 0 unspecified atom stereocenters. The van der Waals surface area contributed by atoms with Gasteiger partial charge in [0.1, 0.15) is 17.1 Å². The Morgan fingerprint density at radius 3 is 2.57 bits per heavy atom. The molecular formula is C16H19FN2O4. The third-order valence-corrected chi connectivity index (χ3v) is 3.52. The number of rotatable bonds is 6. The number of benzene rings is 1. The Kier molecular flexibility index (Phi) is 6.08. The van der Waals surface area contributed by atoms with Crippen molar-refractivity contribution in [3.05, 3.63) is 29.6 Å². The van der Waals surface area contributed by atoms with E-state index < -0.39 is 29.8 Å². The highest BCUT2D eigenvalue weighted by atomic mass is 19.1. The van der Waals surface area contributed by atoms with Gasteiger partial charge in [0, 0.05) is 6.07 Å². The number of ether oxygens (including phenoxy) is 2. The molecular weight excluding hydrogens is 303 g/mol. The SMILES string of the molecule is COc1ccc(C(=O)OCC(=O)N[C@@](C)(C#N)C(C)C)c(F)c1. The Hall–Kier alpha value is -2.62. The van der Waals surface area contributed by atoms with E-state index in [-0.39, 0.29) is 17.2 Å². The molecule has 0 bridgehead atoms. The molecule has 7 heteroatoms. The van der Waals surface area contributed by atoms with Crippen molar-refractivity contribution in [2.24, 2.45) is 5.92 Å². The molecule has 0 aromatic heterocycles. The molecule has 0 fully saturated rings. The summed E-state index contributed by atoms with van der Waals surface area (Å²) in [5, 5.41) is 11.6. The Morgan fingerprint density at radius 1 is 1.43 bits per heavy atom. The quantitative estimate of drug-likeness (QED) is 0.810. The van der Waals surface area contributed by atoms with E-state index in [2.05, 4.69) is 5.32 Å². The molecule has 1 N–H and O–H groups in total. The monoisotopic (exact) mass is 322 g/mol. The van der Waals surface area contributed by atoms with E-state index in [0.717, 1.165) is 6.07 Å². The molecule has 1 aromatic rings. The first-order valence-corrected chi connectivity index (χ1v) is 6.96. The van der Waals surface area contributed by atoms with Gasteiger partial charge >= 0.3 is 5.97 Å². The number of hydrogen-bond acceptors (Lipinski definition) is 5. The molecule has 0 radical (unpaired) electrons. The smallest absolute Gasteiger partial charge is 0.341 e. The van der Waals surface area contributed by atoms with Crippen LogP contribution in [0.2, 0.25) is 0 Å². The number of nitrogens with one attached hydrogen (secondary N) is 1. The summed E-state index contributed by atoms with van der Waals surface area (Å²) in [7, 11) is 1.37. The molecule has 1 aromatic carbocycles. The fraction of sp³-hybridized carbons (Fsp3) is 0.438. The summed E-state index contributed by atoms with van der Waals surface area (Å²) in [4.78, 5) is 23.6. The normalized spacial score (nSPS) is 12.9. The second-order valence-corrected chi connectivity index (χ2v) is 5.44. The maximum Gasteiger partial charge on any atom is 0.341 e. The minimum atomic E-state index is -1.07. The summed E-state index contributed by atoms with van der Waals surface area (Å²) in [6, 6.07) is 5.67. The number of methoxy groups -OCH3 is 1. The lowest BCUT2D eigenvalue weighted by Gasteiger charge is -2.27. The lowest BCUT2D eigenvalue weighted by molar-refractivity contribution is -0.125. The van der Waals surface area contributed by atoms with Crippen LogP contribution in [0.3, 0.4) is 0 Å². The Bertz CT molecular complexity index is 639. The number of nitrogens with zero attached hydrogens (tertiary/aromatic N) is 1. The molecule has 1 rings (SSSR count). The lowest BCUT2D eigenvalue weighted by Crippen LogP contribution is -2.50. The van der Waals surface area contributed by atoms with E-state index in [0.29, 0.717) is 0 Å². The van der Waals surface area contributed by atoms with Crippen LogP contribution in [0.1, 0.15) is 31.1 Å². The first-order chi connectivity index (χ1) is 10.7. The third-order valence-electron chi connectivity index (χ3n) is 3.52. The van der Waals surface area contributed by atoms with Gasteiger partial charge < -0.3 is 14.8 Å². The van der Waals surface area contributed by atoms with Gasteiger partial charge in [0.25, 0.3) is 5.91 Å². The van der Waals surface area contributed by atoms with E-state index in [4.69, 9.17) is 14.7 Å². The minimum Gasteiger partial charge on any atom is -0.497 e. The zero-order valence-corrected chi connectivity index (χ0v) is 13.5. The fourth-order valence-corrected chi connectivity index (χ4v) is 1.62. The van der Waals surface area contributed by atoms with E-state index in [1.807, 2.05) is 6.07 Å². The van der Waals surface area contributed by atoms with Crippen LogP contribution in [0.5, 0.6) is 5.75 Å². The Balaban J connectivity index is 2.66. The lowest BCUT2D eigenvalue weighted by atomic mass is 9.90. The van der Waals surface area contributed by atoms with Crippen molar-refractivity contribution in [1.29, 1.82) is 5.26 Å². The highest BCUT2D eigenvalue weighted by molar-refractivity contribution is 5.91. The van der Waals surface area contributed by atoms with Crippen LogP contribution < -0.4 is 10.1 Å². The van der Waals surface area contributed by atoms with Crippen molar-refractivity contribution >= 4 is 11.9 Å². The molecule has 0 saturated heterocycles. The molecule has 0 heterocycles. The maximum absolute atomic E-state index is 13.7. The highest BCUT2D eigenvalue weighted by Gasteiger charge is 2.30. The van der Waals surface area contributed by atoms with Crippen molar-refractivity contribution in [1.82, 2.24) is 5.32 Å². The summed E-state index contributed by atoms with van der Waals surface area (Å²) >= 11 is 0. The Labute approximate surface area is 134 Å². The average Bonchev–Trinajstić information content (AvgIpc) is 2.52. The summed E-state index contributed by atoms with van der Waals surface area (Å²) in [5.41, 5.74) is -1.38. The van der Waals surface area contributed by atoms with Crippen LogP contribution >= 0.6 is 0 Å². The van der Waals surface area contributed by atoms with E-state index in [1.165, 1.54) is 19.2 Å². The predicted molar refractivity (Wildman–Crippen MR) is 80.2 cm³/mol. The van der Waals surface area contributed by atoms with Crippen LogP contribution in [-0.2, 0) is 9.53 Å². The predicted octanol–water partition coefficient (Wildman–Crippen LogP) is 2.05. The Morgan fingerprint density at radius 2 is 2.09 bits per heavy atom. The maximum atomic E-state index is 13.7. The standard InChI is InChI=1S/C16H19FN2O4/c1-10(2)16(3,9-18)19-14(20)8-23-15(21)12-6-5-11(22-4)7-13(12)17/h5-7,10H,8H2,1-4H3,(H,19,20)/t16-/m0/s1. The number of nitriles is 1. The van der Waals surface area contributed by atoms with E-state index >= 15 is 0 Å². The number of halogens is 1. The first-order valence-electron chi connectivity index (χ1n) is 6.96. The first kappa shape index (κ1) is 18.4. The van der Waals surface area contributed by atoms with E-state index in [9.17, 15) is 14.0 Å². The molecule has 0 spiro atoms. The number of carbonyl (C=O) groups excluding carboxylic acids is 2. The zero-order valence-electron chi connectivity index (χ0n) is 13.5. The fourth-order valence-electron chi connectivity index (χ4n) is 1.62. The van der Waals surface area contributed by atoms with Gasteiger partial charge in [-0.1, -0.05) is 13.8 Å². The third kappa shape index (κ3) is 4.68. The molecule has 124 valence electrons. The molecule has 0 aliphatic rings. The van der Waals surface area contributed by atoms with Crippen molar-refractivity contribution in [3.8, 4) is 11.8 Å². The molecule has 1 atom stereocenters. The van der Waals surface area contributed by atoms with Gasteiger partial charge in [0.2, 0.25) is 0 Å².